The van der Waals surface area contributed by atoms with Gasteiger partial charge in [0.15, 0.2) is 0 Å². The van der Waals surface area contributed by atoms with Gasteiger partial charge < -0.3 is 4.74 Å². The molecule has 1 aliphatic carbocycles. The highest BCUT2D eigenvalue weighted by Gasteiger charge is 2.39. The van der Waals surface area contributed by atoms with E-state index >= 15 is 0 Å². The van der Waals surface area contributed by atoms with E-state index in [1.54, 1.807) is 0 Å². The van der Waals surface area contributed by atoms with Gasteiger partial charge in [0.2, 0.25) is 0 Å². The summed E-state index contributed by atoms with van der Waals surface area (Å²) in [5.74, 6) is -0.0394. The van der Waals surface area contributed by atoms with Crippen LogP contribution >= 0.6 is 0 Å². The average Bonchev–Trinajstić information content (AvgIpc) is 2.48. The standard InChI is InChI=1S/C8H14O2/c1-3-10-7(9)6-8(2)4-5-8/h3-6H2,1-2H3. The molecule has 2 heteroatoms. The van der Waals surface area contributed by atoms with Crippen LogP contribution in [0.25, 0.3) is 0 Å². The number of carbonyl (C=O) groups is 1. The molecule has 0 aromatic carbocycles. The number of carbonyl (C=O) groups excluding carboxylic acids is 1. The Morgan fingerprint density at radius 2 is 2.20 bits per heavy atom. The fourth-order valence-electron chi connectivity index (χ4n) is 0.951. The van der Waals surface area contributed by atoms with Crippen molar-refractivity contribution in [3.8, 4) is 0 Å². The number of esters is 1. The van der Waals surface area contributed by atoms with Crippen LogP contribution in [0.2, 0.25) is 0 Å². The van der Waals surface area contributed by atoms with Gasteiger partial charge >= 0.3 is 5.97 Å². The van der Waals surface area contributed by atoms with Crippen molar-refractivity contribution in [2.24, 2.45) is 5.41 Å². The molecule has 0 atom stereocenters. The highest BCUT2D eigenvalue weighted by atomic mass is 16.5. The summed E-state index contributed by atoms with van der Waals surface area (Å²) in [6.07, 6.45) is 2.98. The molecule has 1 rings (SSSR count). The first-order chi connectivity index (χ1) is 4.66. The quantitative estimate of drug-likeness (QED) is 0.561. The second-order valence-electron chi connectivity index (χ2n) is 3.29. The molecule has 0 unspecified atom stereocenters. The van der Waals surface area contributed by atoms with Gasteiger partial charge in [-0.15, -0.1) is 0 Å². The van der Waals surface area contributed by atoms with Gasteiger partial charge in [0.1, 0.15) is 0 Å². The molecule has 0 saturated heterocycles. The van der Waals surface area contributed by atoms with Crippen LogP contribution in [0.1, 0.15) is 33.1 Å². The van der Waals surface area contributed by atoms with E-state index in [1.165, 1.54) is 12.8 Å². The van der Waals surface area contributed by atoms with E-state index < -0.39 is 0 Å². The summed E-state index contributed by atoms with van der Waals surface area (Å²) < 4.78 is 4.82. The lowest BCUT2D eigenvalue weighted by Gasteiger charge is -2.05. The molecule has 0 spiro atoms. The van der Waals surface area contributed by atoms with E-state index in [-0.39, 0.29) is 5.97 Å². The maximum Gasteiger partial charge on any atom is 0.306 e. The largest absolute Gasteiger partial charge is 0.466 e. The van der Waals surface area contributed by atoms with Crippen LogP contribution in [0.3, 0.4) is 0 Å². The van der Waals surface area contributed by atoms with Crippen molar-refractivity contribution in [2.75, 3.05) is 6.61 Å². The van der Waals surface area contributed by atoms with Crippen molar-refractivity contribution >= 4 is 5.97 Å². The zero-order chi connectivity index (χ0) is 7.61. The van der Waals surface area contributed by atoms with Gasteiger partial charge in [-0.2, -0.15) is 0 Å². The van der Waals surface area contributed by atoms with Gasteiger partial charge in [-0.3, -0.25) is 4.79 Å². The first-order valence-electron chi connectivity index (χ1n) is 3.82. The van der Waals surface area contributed by atoms with Crippen LogP contribution in [0.15, 0.2) is 0 Å². The molecular formula is C8H14O2. The molecule has 0 amide bonds. The van der Waals surface area contributed by atoms with Crippen molar-refractivity contribution in [3.63, 3.8) is 0 Å². The predicted octanol–water partition coefficient (Wildman–Crippen LogP) is 1.74. The molecule has 1 aliphatic rings. The number of hydrogen-bond acceptors (Lipinski definition) is 2. The average molecular weight is 142 g/mol. The lowest BCUT2D eigenvalue weighted by Crippen LogP contribution is -2.09. The van der Waals surface area contributed by atoms with Crippen molar-refractivity contribution < 1.29 is 9.53 Å². The van der Waals surface area contributed by atoms with Crippen LogP contribution in [0.5, 0.6) is 0 Å². The fraction of sp³-hybridized carbons (Fsp3) is 0.875. The summed E-state index contributed by atoms with van der Waals surface area (Å²) in [7, 11) is 0. The number of rotatable bonds is 3. The first kappa shape index (κ1) is 7.58. The van der Waals surface area contributed by atoms with E-state index in [0.29, 0.717) is 18.4 Å². The second kappa shape index (κ2) is 2.60. The van der Waals surface area contributed by atoms with E-state index in [1.807, 2.05) is 6.92 Å². The Morgan fingerprint density at radius 1 is 1.60 bits per heavy atom. The van der Waals surface area contributed by atoms with Gasteiger partial charge in [0.05, 0.1) is 13.0 Å². The molecule has 0 N–H and O–H groups in total. The third-order valence-corrected chi connectivity index (χ3v) is 1.98. The SMILES string of the molecule is CCOC(=O)CC1(C)CC1. The minimum atomic E-state index is -0.0394. The molecule has 0 aromatic heterocycles. The third kappa shape index (κ3) is 2.01. The molecule has 0 aromatic rings. The van der Waals surface area contributed by atoms with Crippen molar-refractivity contribution in [3.05, 3.63) is 0 Å². The molecule has 2 nitrogen and oxygen atoms in total. The summed E-state index contributed by atoms with van der Waals surface area (Å²) in [5.41, 5.74) is 0.298. The molecule has 0 radical (unpaired) electrons. The zero-order valence-electron chi connectivity index (χ0n) is 6.64. The first-order valence-corrected chi connectivity index (χ1v) is 3.82. The summed E-state index contributed by atoms with van der Waals surface area (Å²) >= 11 is 0. The van der Waals surface area contributed by atoms with Gasteiger partial charge in [-0.1, -0.05) is 6.92 Å². The highest BCUT2D eigenvalue weighted by molar-refractivity contribution is 5.70. The molecular weight excluding hydrogens is 128 g/mol. The van der Waals surface area contributed by atoms with Gasteiger partial charge in [-0.25, -0.2) is 0 Å². The molecule has 58 valence electrons. The van der Waals surface area contributed by atoms with Crippen molar-refractivity contribution in [1.82, 2.24) is 0 Å². The van der Waals surface area contributed by atoms with Crippen molar-refractivity contribution in [2.45, 2.75) is 33.1 Å². The summed E-state index contributed by atoms with van der Waals surface area (Å²) in [6, 6.07) is 0. The monoisotopic (exact) mass is 142 g/mol. The normalized spacial score (nSPS) is 20.2. The Balaban J connectivity index is 2.18. The topological polar surface area (TPSA) is 26.3 Å². The van der Waals surface area contributed by atoms with E-state index in [4.69, 9.17) is 4.74 Å². The smallest absolute Gasteiger partial charge is 0.306 e. The summed E-state index contributed by atoms with van der Waals surface area (Å²) in [4.78, 5) is 10.9. The lowest BCUT2D eigenvalue weighted by atomic mass is 10.1. The van der Waals surface area contributed by atoms with Gasteiger partial charge in [-0.05, 0) is 25.2 Å². The Kier molecular flexibility index (Phi) is 1.97. The molecule has 0 heterocycles. The highest BCUT2D eigenvalue weighted by Crippen LogP contribution is 2.48. The van der Waals surface area contributed by atoms with Crippen molar-refractivity contribution in [1.29, 1.82) is 0 Å². The maximum absolute atomic E-state index is 10.9. The van der Waals surface area contributed by atoms with Crippen LogP contribution < -0.4 is 0 Å². The lowest BCUT2D eigenvalue weighted by molar-refractivity contribution is -0.144. The summed E-state index contributed by atoms with van der Waals surface area (Å²) in [5, 5.41) is 0. The molecule has 0 bridgehead atoms. The Bertz CT molecular complexity index is 136. The van der Waals surface area contributed by atoms with Gasteiger partial charge in [0, 0.05) is 0 Å². The third-order valence-electron chi connectivity index (χ3n) is 1.98. The van der Waals surface area contributed by atoms with Crippen LogP contribution in [-0.2, 0) is 9.53 Å². The summed E-state index contributed by atoms with van der Waals surface area (Å²) in [6.45, 7) is 4.48. The van der Waals surface area contributed by atoms with Gasteiger partial charge in [0.25, 0.3) is 0 Å². The predicted molar refractivity (Wildman–Crippen MR) is 38.6 cm³/mol. The fourth-order valence-corrected chi connectivity index (χ4v) is 0.951. The molecule has 10 heavy (non-hydrogen) atoms. The van der Waals surface area contributed by atoms with E-state index in [0.717, 1.165) is 0 Å². The number of ether oxygens (including phenoxy) is 1. The van der Waals surface area contributed by atoms with E-state index in [9.17, 15) is 4.79 Å². The Labute approximate surface area is 61.6 Å². The van der Waals surface area contributed by atoms with Crippen LogP contribution in [0.4, 0.5) is 0 Å². The maximum atomic E-state index is 10.9. The van der Waals surface area contributed by atoms with Crippen LogP contribution in [-0.4, -0.2) is 12.6 Å². The number of hydrogen-bond donors (Lipinski definition) is 0. The molecule has 1 saturated carbocycles. The minimum absolute atomic E-state index is 0.0394. The minimum Gasteiger partial charge on any atom is -0.466 e. The molecule has 1 fully saturated rings. The van der Waals surface area contributed by atoms with Crippen LogP contribution in [0, 0.1) is 5.41 Å². The second-order valence-corrected chi connectivity index (χ2v) is 3.29. The molecule has 0 aliphatic heterocycles. The Hall–Kier alpha value is -0.530. The zero-order valence-corrected chi connectivity index (χ0v) is 6.64. The Morgan fingerprint density at radius 3 is 2.60 bits per heavy atom. The van der Waals surface area contributed by atoms with E-state index in [2.05, 4.69) is 6.92 Å².